The summed E-state index contributed by atoms with van der Waals surface area (Å²) in [5, 5.41) is 4.98. The van der Waals surface area contributed by atoms with E-state index < -0.39 is 0 Å². The third-order valence-electron chi connectivity index (χ3n) is 0.482. The Labute approximate surface area is 128 Å². The first kappa shape index (κ1) is 30.0. The van der Waals surface area contributed by atoms with Gasteiger partial charge in [0.05, 0.1) is 0 Å². The van der Waals surface area contributed by atoms with E-state index in [-0.39, 0.29) is 32.7 Å². The summed E-state index contributed by atoms with van der Waals surface area (Å²) in [6, 6.07) is 0. The average Bonchev–Trinajstić information content (AvgIpc) is 2.29. The van der Waals surface area contributed by atoms with E-state index >= 15 is 0 Å². The van der Waals surface area contributed by atoms with E-state index in [1.165, 1.54) is 32.8 Å². The molecule has 99 valence electrons. The summed E-state index contributed by atoms with van der Waals surface area (Å²) in [6.45, 7) is 4.89. The summed E-state index contributed by atoms with van der Waals surface area (Å²) in [7, 11) is 1.74. The summed E-state index contributed by atoms with van der Waals surface area (Å²) in [4.78, 5) is 35.7. The zero-order valence-corrected chi connectivity index (χ0v) is 13.5. The standard InChI is InChI=1S/C3H7N2O.C3H5O.2C2H3O.Y/c1-4-2-5-3-6;1-2-3-4;2*1-2-3;/h4H,2H2,1H3,(H,5,6);2H2,1H3;2*1H3;/q4*-1;. The molecule has 0 aliphatic carbocycles. The molecule has 0 saturated heterocycles. The average molecular weight is 319 g/mol. The van der Waals surface area contributed by atoms with Gasteiger partial charge in [-0.15, -0.1) is 0 Å². The predicted octanol–water partition coefficient (Wildman–Crippen LogP) is -0.444. The molecule has 0 aromatic rings. The van der Waals surface area contributed by atoms with Crippen LogP contribution in [-0.4, -0.2) is 39.0 Å². The fourth-order valence-electron chi connectivity index (χ4n) is 0.124. The largest absolute Gasteiger partial charge is 0.542 e. The van der Waals surface area contributed by atoms with Gasteiger partial charge in [-0.25, -0.2) is 0 Å². The summed E-state index contributed by atoms with van der Waals surface area (Å²) in [5.41, 5.74) is 0. The van der Waals surface area contributed by atoms with Crippen molar-refractivity contribution in [1.82, 2.24) is 10.6 Å². The van der Waals surface area contributed by atoms with Crippen LogP contribution in [0.15, 0.2) is 0 Å². The normalized spacial score (nSPS) is 5.65. The molecule has 0 rings (SSSR count). The van der Waals surface area contributed by atoms with Gasteiger partial charge in [-0.3, -0.25) is 18.9 Å². The SMILES string of the molecule is CC[C-]=O.CNCN[C-]=O.C[C-]=O.C[C-]=O.[Y]. The number of nitrogens with one attached hydrogen (secondary N) is 2. The summed E-state index contributed by atoms with van der Waals surface area (Å²) >= 11 is 0. The van der Waals surface area contributed by atoms with Crippen LogP contribution in [-0.2, 0) is 51.9 Å². The first-order valence-electron chi connectivity index (χ1n) is 4.33. The second kappa shape index (κ2) is 57.8. The molecule has 0 heterocycles. The van der Waals surface area contributed by atoms with Crippen molar-refractivity contribution in [3.63, 3.8) is 0 Å². The van der Waals surface area contributed by atoms with Crippen LogP contribution in [0.5, 0.6) is 0 Å². The van der Waals surface area contributed by atoms with Crippen molar-refractivity contribution in [3.05, 3.63) is 0 Å². The fraction of sp³-hybridized carbons (Fsp3) is 0.600. The van der Waals surface area contributed by atoms with Crippen molar-refractivity contribution in [2.24, 2.45) is 0 Å². The van der Waals surface area contributed by atoms with Gasteiger partial charge in [0.25, 0.3) is 0 Å². The van der Waals surface area contributed by atoms with E-state index in [1.54, 1.807) is 20.3 Å². The van der Waals surface area contributed by atoms with Crippen molar-refractivity contribution >= 4 is 25.3 Å². The van der Waals surface area contributed by atoms with Crippen molar-refractivity contribution in [2.45, 2.75) is 27.2 Å². The molecule has 0 aromatic heterocycles. The third-order valence-corrected chi connectivity index (χ3v) is 0.482. The number of rotatable bonds is 4. The smallest absolute Gasteiger partial charge is 0.0369 e. The van der Waals surface area contributed by atoms with Crippen molar-refractivity contribution in [2.75, 3.05) is 13.7 Å². The fourth-order valence-corrected chi connectivity index (χ4v) is 0.124. The van der Waals surface area contributed by atoms with E-state index in [9.17, 15) is 4.79 Å². The minimum absolute atomic E-state index is 0. The van der Waals surface area contributed by atoms with Gasteiger partial charge in [0, 0.05) is 39.4 Å². The Morgan fingerprint density at radius 1 is 1.00 bits per heavy atom. The third kappa shape index (κ3) is 227. The molecule has 0 bridgehead atoms. The summed E-state index contributed by atoms with van der Waals surface area (Å²) in [6.07, 6.45) is 6.70. The minimum Gasteiger partial charge on any atom is -0.542 e. The second-order valence-corrected chi connectivity index (χ2v) is 1.72. The predicted molar refractivity (Wildman–Crippen MR) is 61.5 cm³/mol. The molecule has 0 aromatic carbocycles. The van der Waals surface area contributed by atoms with Gasteiger partial charge in [0.15, 0.2) is 0 Å². The maximum atomic E-state index is 9.29. The van der Waals surface area contributed by atoms with Crippen LogP contribution in [0.2, 0.25) is 0 Å². The Morgan fingerprint density at radius 2 is 1.29 bits per heavy atom. The summed E-state index contributed by atoms with van der Waals surface area (Å²) in [5.74, 6) is 0. The number of hydrogen-bond donors (Lipinski definition) is 2. The quantitative estimate of drug-likeness (QED) is 0.317. The van der Waals surface area contributed by atoms with Crippen molar-refractivity contribution in [1.29, 1.82) is 0 Å². The zero-order valence-electron chi connectivity index (χ0n) is 10.6. The van der Waals surface area contributed by atoms with E-state index in [4.69, 9.17) is 14.4 Å². The Bertz CT molecular complexity index is 140. The number of amides is 1. The molecule has 2 N–H and O–H groups in total. The van der Waals surface area contributed by atoms with Crippen LogP contribution in [0.4, 0.5) is 0 Å². The molecule has 7 heteroatoms. The van der Waals surface area contributed by atoms with Crippen LogP contribution in [0, 0.1) is 0 Å². The molecule has 17 heavy (non-hydrogen) atoms. The van der Waals surface area contributed by atoms with Gasteiger partial charge in [-0.2, -0.15) is 26.7 Å². The summed E-state index contributed by atoms with van der Waals surface area (Å²) < 4.78 is 0. The molecule has 0 fully saturated rings. The van der Waals surface area contributed by atoms with Gasteiger partial charge in [0.1, 0.15) is 0 Å². The second-order valence-electron chi connectivity index (χ2n) is 1.72. The number of carbonyl (C=O) groups excluding carboxylic acids is 4. The van der Waals surface area contributed by atoms with E-state index in [1.807, 2.05) is 0 Å². The Hall–Kier alpha value is -0.456. The van der Waals surface area contributed by atoms with Crippen LogP contribution >= 0.6 is 0 Å². The van der Waals surface area contributed by atoms with Gasteiger partial charge >= 0.3 is 0 Å². The van der Waals surface area contributed by atoms with Gasteiger partial charge in [-0.1, -0.05) is 6.92 Å². The van der Waals surface area contributed by atoms with Crippen LogP contribution < -0.4 is 10.6 Å². The topological polar surface area (TPSA) is 92.3 Å². The molecule has 0 aliphatic heterocycles. The minimum atomic E-state index is 0. The first-order valence-corrected chi connectivity index (χ1v) is 4.33. The molecule has 0 aliphatic rings. The van der Waals surface area contributed by atoms with Crippen molar-refractivity contribution < 1.29 is 51.9 Å². The molecule has 1 amide bonds. The Balaban J connectivity index is -0.0000000388. The van der Waals surface area contributed by atoms with Crippen molar-refractivity contribution in [3.8, 4) is 0 Å². The molecule has 0 atom stereocenters. The molecule has 0 unspecified atom stereocenters. The molecule has 1 radical (unpaired) electrons. The van der Waals surface area contributed by atoms with Crippen LogP contribution in [0.3, 0.4) is 0 Å². The molecule has 0 saturated carbocycles. The van der Waals surface area contributed by atoms with E-state index in [2.05, 4.69) is 10.6 Å². The van der Waals surface area contributed by atoms with Crippen LogP contribution in [0.1, 0.15) is 27.2 Å². The molecular weight excluding hydrogens is 301 g/mol. The maximum Gasteiger partial charge on any atom is 0.0369 e. The monoisotopic (exact) mass is 319 g/mol. The molecule has 6 nitrogen and oxygen atoms in total. The zero-order chi connectivity index (χ0) is 13.7. The molecule has 0 spiro atoms. The van der Waals surface area contributed by atoms with Gasteiger partial charge in [0.2, 0.25) is 0 Å². The Kier molecular flexibility index (Phi) is 102. The Morgan fingerprint density at radius 3 is 1.35 bits per heavy atom. The first-order chi connectivity index (χ1) is 7.66. The number of hydrogen-bond acceptors (Lipinski definition) is 5. The van der Waals surface area contributed by atoms with E-state index in [0.29, 0.717) is 13.1 Å². The van der Waals surface area contributed by atoms with Crippen LogP contribution in [0.25, 0.3) is 0 Å². The van der Waals surface area contributed by atoms with Gasteiger partial charge in [-0.05, 0) is 7.05 Å². The van der Waals surface area contributed by atoms with Gasteiger partial charge < -0.3 is 29.8 Å². The molecular formula is C10H18N2O4Y-4. The maximum absolute atomic E-state index is 9.29. The van der Waals surface area contributed by atoms with E-state index in [0.717, 1.165) is 0 Å².